The molecule has 0 aliphatic carbocycles. The van der Waals surface area contributed by atoms with Gasteiger partial charge in [-0.3, -0.25) is 0 Å². The van der Waals surface area contributed by atoms with E-state index in [1.165, 1.54) is 12.1 Å². The summed E-state index contributed by atoms with van der Waals surface area (Å²) >= 11 is 0. The van der Waals surface area contributed by atoms with Crippen LogP contribution in [-0.2, 0) is 0 Å². The van der Waals surface area contributed by atoms with Crippen LogP contribution in [0, 0.1) is 41.3 Å². The second-order valence-corrected chi connectivity index (χ2v) is 9.83. The molecule has 0 fully saturated rings. The molecule has 0 radical (unpaired) electrons. The summed E-state index contributed by atoms with van der Waals surface area (Å²) in [5.41, 5.74) is 2.21. The van der Waals surface area contributed by atoms with E-state index in [2.05, 4.69) is 15.0 Å². The van der Waals surface area contributed by atoms with Gasteiger partial charge in [-0.2, -0.15) is 16.8 Å². The molecule has 0 amide bonds. The maximum atomic E-state index is 14.0. The van der Waals surface area contributed by atoms with Gasteiger partial charge >= 0.3 is 0 Å². The lowest BCUT2D eigenvalue weighted by Gasteiger charge is -2.03. The second-order valence-electron chi connectivity index (χ2n) is 9.83. The molecule has 0 bridgehead atoms. The fourth-order valence-corrected chi connectivity index (χ4v) is 5.72. The van der Waals surface area contributed by atoms with Crippen molar-refractivity contribution in [1.82, 2.24) is 0 Å². The number of nitriles is 1. The Morgan fingerprint density at radius 1 is 0.500 bits per heavy atom. The smallest absolute Gasteiger partial charge is 0.204 e. The summed E-state index contributed by atoms with van der Waals surface area (Å²) in [6.07, 6.45) is 1.87. The first-order chi connectivity index (χ1) is 20.4. The molecular formula is C34H14F4N4. The SMILES string of the molecule is [C-]#[N+]/N=c1\c2cc(-c3ccc(F)c(F)c3)ccc2c2cc3/c(=N/C#N)c4cc(-c5ccc(F)c(F)c5)ccc4c3cc12. The minimum absolute atomic E-state index is 0.435. The number of halogens is 4. The van der Waals surface area contributed by atoms with Gasteiger partial charge in [0, 0.05) is 21.5 Å². The quantitative estimate of drug-likeness (QED) is 0.0920. The Morgan fingerprint density at radius 2 is 0.929 bits per heavy atom. The zero-order valence-corrected chi connectivity index (χ0v) is 21.4. The zero-order chi connectivity index (χ0) is 29.1. The van der Waals surface area contributed by atoms with Crippen LogP contribution in [0.15, 0.2) is 95.0 Å². The van der Waals surface area contributed by atoms with E-state index in [9.17, 15) is 22.8 Å². The largest absolute Gasteiger partial charge is 0.206 e. The van der Waals surface area contributed by atoms with Crippen LogP contribution in [0.3, 0.4) is 0 Å². The van der Waals surface area contributed by atoms with Crippen molar-refractivity contribution in [1.29, 1.82) is 5.26 Å². The predicted octanol–water partition coefficient (Wildman–Crippen LogP) is 8.18. The van der Waals surface area contributed by atoms with Gasteiger partial charge in [0.1, 0.15) is 0 Å². The monoisotopic (exact) mass is 554 g/mol. The molecule has 0 aliphatic rings. The van der Waals surface area contributed by atoms with Crippen molar-refractivity contribution in [3.8, 4) is 28.4 Å². The predicted molar refractivity (Wildman–Crippen MR) is 153 cm³/mol. The standard InChI is InChI=1S/C34H14F4N4/c1-40-42-34-26-11-18(20-5-9-30(36)32(38)13-20)3-7-22(26)24-14-27-23(15-28(24)34)21-6-2-17(10-25(21)33(27)41-16-39)19-4-8-29(35)31(37)12-19/h2-15H/b41-33+,42-34+. The number of rotatable bonds is 2. The summed E-state index contributed by atoms with van der Waals surface area (Å²) in [5, 5.41) is 20.4. The summed E-state index contributed by atoms with van der Waals surface area (Å²) in [5.74, 6) is -3.80. The van der Waals surface area contributed by atoms with Crippen molar-refractivity contribution in [2.24, 2.45) is 10.1 Å². The molecule has 0 saturated heterocycles. The fraction of sp³-hybridized carbons (Fsp3) is 0. The van der Waals surface area contributed by atoms with Crippen molar-refractivity contribution < 1.29 is 17.6 Å². The third-order valence-corrected chi connectivity index (χ3v) is 7.62. The van der Waals surface area contributed by atoms with E-state index < -0.39 is 23.3 Å². The van der Waals surface area contributed by atoms with Gasteiger partial charge in [-0.05, 0) is 92.3 Å². The van der Waals surface area contributed by atoms with Gasteiger partial charge in [0.05, 0.1) is 10.5 Å². The van der Waals surface area contributed by atoms with Crippen LogP contribution in [0.25, 0.3) is 70.3 Å². The van der Waals surface area contributed by atoms with E-state index >= 15 is 0 Å². The minimum atomic E-state index is -0.961. The van der Waals surface area contributed by atoms with Crippen molar-refractivity contribution in [2.75, 3.05) is 0 Å². The van der Waals surface area contributed by atoms with E-state index in [1.807, 2.05) is 30.5 Å². The molecule has 7 aromatic rings. The maximum Gasteiger partial charge on any atom is 0.206 e. The van der Waals surface area contributed by atoms with E-state index in [0.29, 0.717) is 54.5 Å². The molecule has 8 heteroatoms. The fourth-order valence-electron chi connectivity index (χ4n) is 5.72. The molecule has 198 valence electrons. The Morgan fingerprint density at radius 3 is 1.40 bits per heavy atom. The van der Waals surface area contributed by atoms with Gasteiger partial charge in [0.15, 0.2) is 28.6 Å². The van der Waals surface area contributed by atoms with Gasteiger partial charge in [0.2, 0.25) is 6.19 Å². The normalized spacial score (nSPS) is 12.5. The number of hydrogen-bond donors (Lipinski definition) is 0. The molecular weight excluding hydrogens is 540 g/mol. The molecule has 0 aromatic heterocycles. The second kappa shape index (κ2) is 9.36. The number of nitrogens with zero attached hydrogens (tertiary/aromatic N) is 4. The molecule has 0 spiro atoms. The first-order valence-corrected chi connectivity index (χ1v) is 12.7. The molecule has 0 saturated carbocycles. The number of fused-ring (bicyclic) bond motifs is 6. The summed E-state index contributed by atoms with van der Waals surface area (Å²) < 4.78 is 55.0. The molecule has 7 rings (SSSR count). The highest BCUT2D eigenvalue weighted by molar-refractivity contribution is 6.21. The molecule has 0 atom stereocenters. The summed E-state index contributed by atoms with van der Waals surface area (Å²) in [6, 6.07) is 22.0. The van der Waals surface area contributed by atoms with Crippen LogP contribution in [0.2, 0.25) is 0 Å². The van der Waals surface area contributed by atoms with Crippen LogP contribution in [0.4, 0.5) is 17.6 Å². The molecule has 0 N–H and O–H groups in total. The first-order valence-electron chi connectivity index (χ1n) is 12.7. The Hall–Kier alpha value is -5.86. The van der Waals surface area contributed by atoms with E-state index in [4.69, 9.17) is 6.57 Å². The van der Waals surface area contributed by atoms with Crippen LogP contribution in [0.1, 0.15) is 0 Å². The third kappa shape index (κ3) is 3.74. The van der Waals surface area contributed by atoms with Crippen LogP contribution >= 0.6 is 0 Å². The van der Waals surface area contributed by atoms with Gasteiger partial charge < -0.3 is 0 Å². The van der Waals surface area contributed by atoms with Gasteiger partial charge in [0.25, 0.3) is 0 Å². The van der Waals surface area contributed by atoms with E-state index in [1.54, 1.807) is 24.3 Å². The average molecular weight is 555 g/mol. The lowest BCUT2D eigenvalue weighted by atomic mass is 10.0. The number of hydrogen-bond acceptors (Lipinski definition) is 3. The lowest BCUT2D eigenvalue weighted by Crippen LogP contribution is -1.99. The first kappa shape index (κ1) is 25.1. The van der Waals surface area contributed by atoms with Crippen LogP contribution < -0.4 is 10.7 Å². The van der Waals surface area contributed by atoms with Crippen LogP contribution in [-0.4, -0.2) is 0 Å². The molecule has 0 aliphatic heterocycles. The Kier molecular flexibility index (Phi) is 5.60. The molecule has 0 unspecified atom stereocenters. The van der Waals surface area contributed by atoms with Crippen molar-refractivity contribution in [3.63, 3.8) is 0 Å². The Labute approximate surface area is 234 Å². The van der Waals surface area contributed by atoms with Gasteiger partial charge in [-0.1, -0.05) is 36.4 Å². The van der Waals surface area contributed by atoms with E-state index in [-0.39, 0.29) is 0 Å². The highest BCUT2D eigenvalue weighted by Crippen LogP contribution is 2.35. The van der Waals surface area contributed by atoms with Crippen LogP contribution in [0.5, 0.6) is 0 Å². The highest BCUT2D eigenvalue weighted by Gasteiger charge is 2.18. The summed E-state index contributed by atoms with van der Waals surface area (Å²) in [7, 11) is 0. The Balaban J connectivity index is 1.53. The molecule has 0 heterocycles. The maximum absolute atomic E-state index is 14.0. The number of benzene rings is 5. The summed E-state index contributed by atoms with van der Waals surface area (Å²) in [6.45, 7) is 7.45. The van der Waals surface area contributed by atoms with E-state index in [0.717, 1.165) is 45.8 Å². The van der Waals surface area contributed by atoms with Crippen molar-refractivity contribution in [3.05, 3.63) is 130 Å². The van der Waals surface area contributed by atoms with Crippen molar-refractivity contribution in [2.45, 2.75) is 0 Å². The molecule has 7 aromatic carbocycles. The molecule has 42 heavy (non-hydrogen) atoms. The summed E-state index contributed by atoms with van der Waals surface area (Å²) in [4.78, 5) is 7.41. The Bertz CT molecular complexity index is 2320. The van der Waals surface area contributed by atoms with Gasteiger partial charge in [-0.15, -0.1) is 4.95 Å². The van der Waals surface area contributed by atoms with Gasteiger partial charge in [-0.25, -0.2) is 17.6 Å². The lowest BCUT2D eigenvalue weighted by molar-refractivity contribution is 0.509. The zero-order valence-electron chi connectivity index (χ0n) is 21.4. The highest BCUT2D eigenvalue weighted by atomic mass is 19.2. The third-order valence-electron chi connectivity index (χ3n) is 7.62. The average Bonchev–Trinajstić information content (AvgIpc) is 3.46. The van der Waals surface area contributed by atoms with Crippen molar-refractivity contribution >= 4 is 43.1 Å². The molecule has 4 nitrogen and oxygen atoms in total. The minimum Gasteiger partial charge on any atom is -0.204 e. The topological polar surface area (TPSA) is 52.9 Å².